The van der Waals surface area contributed by atoms with Gasteiger partial charge in [-0.15, -0.1) is 0 Å². The van der Waals surface area contributed by atoms with Gasteiger partial charge in [-0.2, -0.15) is 4.98 Å². The lowest BCUT2D eigenvalue weighted by atomic mass is 9.86. The summed E-state index contributed by atoms with van der Waals surface area (Å²) in [7, 11) is 1.58. The van der Waals surface area contributed by atoms with Crippen LogP contribution in [0.25, 0.3) is 10.9 Å². The highest BCUT2D eigenvalue weighted by atomic mass is 16.5. The predicted octanol–water partition coefficient (Wildman–Crippen LogP) is 2.48. The average Bonchev–Trinajstić information content (AvgIpc) is 3.26. The van der Waals surface area contributed by atoms with Crippen molar-refractivity contribution in [2.75, 3.05) is 13.7 Å². The molecule has 26 heavy (non-hydrogen) atoms. The van der Waals surface area contributed by atoms with E-state index in [0.717, 1.165) is 30.5 Å². The Morgan fingerprint density at radius 3 is 3.19 bits per heavy atom. The average molecular weight is 354 g/mol. The standard InChI is InChI=1S/C19H22N4O3/c1-25-11-16-22-17(26-23-16)9-10-20-19(24)14-7-4-6-13-12-5-2-3-8-15(12)21-18(13)14/h2-3,5,8,14,21H,4,6-7,9-11H2,1H3,(H,20,24)/t14-/m1/s1. The van der Waals surface area contributed by atoms with Crippen LogP contribution >= 0.6 is 0 Å². The van der Waals surface area contributed by atoms with Crippen LogP contribution in [0.1, 0.15) is 41.7 Å². The van der Waals surface area contributed by atoms with Gasteiger partial charge >= 0.3 is 0 Å². The lowest BCUT2D eigenvalue weighted by molar-refractivity contribution is -0.122. The molecule has 0 unspecified atom stereocenters. The number of aromatic nitrogens is 3. The quantitative estimate of drug-likeness (QED) is 0.709. The van der Waals surface area contributed by atoms with Crippen molar-refractivity contribution in [3.05, 3.63) is 47.2 Å². The van der Waals surface area contributed by atoms with Gasteiger partial charge in [-0.3, -0.25) is 4.79 Å². The fourth-order valence-electron chi connectivity index (χ4n) is 3.67. The number of aromatic amines is 1. The maximum atomic E-state index is 12.7. The zero-order valence-corrected chi connectivity index (χ0v) is 14.7. The smallest absolute Gasteiger partial charge is 0.229 e. The fourth-order valence-corrected chi connectivity index (χ4v) is 3.67. The highest BCUT2D eigenvalue weighted by Crippen LogP contribution is 2.36. The van der Waals surface area contributed by atoms with E-state index in [4.69, 9.17) is 9.26 Å². The first-order valence-electron chi connectivity index (χ1n) is 8.94. The third-order valence-electron chi connectivity index (χ3n) is 4.85. The topological polar surface area (TPSA) is 93.0 Å². The van der Waals surface area contributed by atoms with Crippen LogP contribution in [-0.4, -0.2) is 34.7 Å². The third-order valence-corrected chi connectivity index (χ3v) is 4.85. The number of ether oxygens (including phenoxy) is 1. The van der Waals surface area contributed by atoms with Crippen LogP contribution in [0.3, 0.4) is 0 Å². The van der Waals surface area contributed by atoms with Crippen molar-refractivity contribution >= 4 is 16.8 Å². The first-order chi connectivity index (χ1) is 12.8. The maximum absolute atomic E-state index is 12.7. The van der Waals surface area contributed by atoms with Crippen LogP contribution in [0.5, 0.6) is 0 Å². The highest BCUT2D eigenvalue weighted by molar-refractivity contribution is 5.90. The van der Waals surface area contributed by atoms with Crippen LogP contribution in [-0.2, 0) is 29.0 Å². The summed E-state index contributed by atoms with van der Waals surface area (Å²) in [6, 6.07) is 8.25. The molecular formula is C19H22N4O3. The summed E-state index contributed by atoms with van der Waals surface area (Å²) in [4.78, 5) is 20.4. The first kappa shape index (κ1) is 16.8. The number of hydrogen-bond donors (Lipinski definition) is 2. The molecule has 7 heteroatoms. The van der Waals surface area contributed by atoms with E-state index in [2.05, 4.69) is 32.6 Å². The van der Waals surface area contributed by atoms with Crippen molar-refractivity contribution in [2.45, 2.75) is 38.2 Å². The summed E-state index contributed by atoms with van der Waals surface area (Å²) in [5, 5.41) is 8.06. The first-order valence-corrected chi connectivity index (χ1v) is 8.94. The van der Waals surface area contributed by atoms with Crippen LogP contribution in [0.15, 0.2) is 28.8 Å². The van der Waals surface area contributed by atoms with E-state index in [9.17, 15) is 4.79 Å². The van der Waals surface area contributed by atoms with E-state index >= 15 is 0 Å². The molecule has 4 rings (SSSR count). The van der Waals surface area contributed by atoms with Gasteiger partial charge in [-0.05, 0) is 30.9 Å². The summed E-state index contributed by atoms with van der Waals surface area (Å²) in [5.41, 5.74) is 3.46. The van der Waals surface area contributed by atoms with Crippen LogP contribution in [0.2, 0.25) is 0 Å². The van der Waals surface area contributed by atoms with E-state index in [1.807, 2.05) is 12.1 Å². The van der Waals surface area contributed by atoms with Gasteiger partial charge < -0.3 is 19.6 Å². The predicted molar refractivity (Wildman–Crippen MR) is 95.7 cm³/mol. The third kappa shape index (κ3) is 3.22. The minimum absolute atomic E-state index is 0.0501. The number of nitrogens with zero attached hydrogens (tertiary/aromatic N) is 2. The number of fused-ring (bicyclic) bond motifs is 3. The number of nitrogens with one attached hydrogen (secondary N) is 2. The SMILES string of the molecule is COCc1noc(CCNC(=O)[C@@H]2CCCc3c2[nH]c2ccccc32)n1. The van der Waals surface area contributed by atoms with Gasteiger partial charge in [-0.25, -0.2) is 0 Å². The molecule has 0 saturated heterocycles. The van der Waals surface area contributed by atoms with Gasteiger partial charge in [0.15, 0.2) is 5.82 Å². The van der Waals surface area contributed by atoms with E-state index in [1.54, 1.807) is 7.11 Å². The molecule has 1 amide bonds. The van der Waals surface area contributed by atoms with Crippen molar-refractivity contribution in [1.29, 1.82) is 0 Å². The molecule has 0 saturated carbocycles. The van der Waals surface area contributed by atoms with Gasteiger partial charge in [0.1, 0.15) is 6.61 Å². The van der Waals surface area contributed by atoms with Crippen molar-refractivity contribution in [1.82, 2.24) is 20.4 Å². The molecule has 0 bridgehead atoms. The number of carbonyl (C=O) groups is 1. The Bertz CT molecular complexity index is 915. The van der Waals surface area contributed by atoms with Crippen molar-refractivity contribution in [2.24, 2.45) is 0 Å². The van der Waals surface area contributed by atoms with Crippen molar-refractivity contribution in [3.63, 3.8) is 0 Å². The van der Waals surface area contributed by atoms with Gasteiger partial charge in [-0.1, -0.05) is 23.4 Å². The molecule has 0 spiro atoms. The number of hydrogen-bond acceptors (Lipinski definition) is 5. The Labute approximate surface area is 151 Å². The molecule has 1 aliphatic rings. The molecule has 0 fully saturated rings. The highest BCUT2D eigenvalue weighted by Gasteiger charge is 2.29. The van der Waals surface area contributed by atoms with E-state index in [-0.39, 0.29) is 11.8 Å². The largest absolute Gasteiger partial charge is 0.377 e. The van der Waals surface area contributed by atoms with Crippen molar-refractivity contribution < 1.29 is 14.1 Å². The summed E-state index contributed by atoms with van der Waals surface area (Å²) in [6.07, 6.45) is 3.42. The Hall–Kier alpha value is -2.67. The lowest BCUT2D eigenvalue weighted by Gasteiger charge is -2.21. The Morgan fingerprint density at radius 2 is 2.31 bits per heavy atom. The molecule has 136 valence electrons. The second-order valence-electron chi connectivity index (χ2n) is 6.59. The summed E-state index contributed by atoms with van der Waals surface area (Å²) in [6.45, 7) is 0.792. The minimum atomic E-state index is -0.127. The normalized spacial score (nSPS) is 16.6. The summed E-state index contributed by atoms with van der Waals surface area (Å²) < 4.78 is 10.1. The van der Waals surface area contributed by atoms with E-state index in [0.29, 0.717) is 31.3 Å². The Balaban J connectivity index is 1.41. The monoisotopic (exact) mass is 354 g/mol. The fraction of sp³-hybridized carbons (Fsp3) is 0.421. The number of H-pyrrole nitrogens is 1. The van der Waals surface area contributed by atoms with E-state index < -0.39 is 0 Å². The van der Waals surface area contributed by atoms with Crippen LogP contribution in [0.4, 0.5) is 0 Å². The number of amides is 1. The molecule has 0 aliphatic heterocycles. The van der Waals surface area contributed by atoms with Gasteiger partial charge in [0.25, 0.3) is 0 Å². The number of para-hydroxylation sites is 1. The molecule has 2 N–H and O–H groups in total. The molecule has 0 radical (unpaired) electrons. The molecule has 1 aliphatic carbocycles. The maximum Gasteiger partial charge on any atom is 0.229 e. The number of carbonyl (C=O) groups excluding carboxylic acids is 1. The number of aryl methyl sites for hydroxylation is 1. The zero-order valence-electron chi connectivity index (χ0n) is 14.7. The van der Waals surface area contributed by atoms with Gasteiger partial charge in [0.2, 0.25) is 11.8 Å². The number of rotatable bonds is 6. The minimum Gasteiger partial charge on any atom is -0.377 e. The zero-order chi connectivity index (χ0) is 17.9. The van der Waals surface area contributed by atoms with Crippen LogP contribution in [0, 0.1) is 0 Å². The second-order valence-corrected chi connectivity index (χ2v) is 6.59. The summed E-state index contributed by atoms with van der Waals surface area (Å²) in [5.74, 6) is 0.947. The molecule has 2 heterocycles. The van der Waals surface area contributed by atoms with Crippen LogP contribution < -0.4 is 5.32 Å². The Morgan fingerprint density at radius 1 is 1.42 bits per heavy atom. The number of methoxy groups -OCH3 is 1. The molecule has 1 aromatic carbocycles. The Kier molecular flexibility index (Phi) is 4.71. The molecule has 7 nitrogen and oxygen atoms in total. The molecule has 3 aromatic rings. The summed E-state index contributed by atoms with van der Waals surface area (Å²) >= 11 is 0. The lowest BCUT2D eigenvalue weighted by Crippen LogP contribution is -2.32. The van der Waals surface area contributed by atoms with Gasteiger partial charge in [0, 0.05) is 36.7 Å². The number of benzene rings is 1. The second kappa shape index (κ2) is 7.29. The molecular weight excluding hydrogens is 332 g/mol. The van der Waals surface area contributed by atoms with E-state index in [1.165, 1.54) is 10.9 Å². The molecule has 1 atom stereocenters. The van der Waals surface area contributed by atoms with Crippen molar-refractivity contribution in [3.8, 4) is 0 Å². The molecule has 2 aromatic heterocycles. The van der Waals surface area contributed by atoms with Gasteiger partial charge in [0.05, 0.1) is 5.92 Å².